The number of carbonyl (C=O) groups excluding carboxylic acids is 3. The van der Waals surface area contributed by atoms with Crippen molar-refractivity contribution in [1.82, 2.24) is 10.4 Å². The minimum Gasteiger partial charge on any atom is -0.372 e. The van der Waals surface area contributed by atoms with E-state index in [1.807, 2.05) is 72.8 Å². The average Bonchev–Trinajstić information content (AvgIpc) is 3.38. The molecule has 0 saturated carbocycles. The fourth-order valence-corrected chi connectivity index (χ4v) is 7.43. The number of amides is 3. The summed E-state index contributed by atoms with van der Waals surface area (Å²) in [7, 11) is 0. The van der Waals surface area contributed by atoms with Gasteiger partial charge in [0.1, 0.15) is 0 Å². The number of hydrogen-bond donors (Lipinski definition) is 2. The molecule has 184 valence electrons. The highest BCUT2D eigenvalue weighted by molar-refractivity contribution is 6.10. The van der Waals surface area contributed by atoms with Crippen molar-refractivity contribution in [2.24, 2.45) is 11.8 Å². The summed E-state index contributed by atoms with van der Waals surface area (Å²) >= 11 is 0. The maximum Gasteiger partial charge on any atom is 0.280 e. The second-order valence-corrected chi connectivity index (χ2v) is 10.5. The summed E-state index contributed by atoms with van der Waals surface area (Å²) in [4.78, 5) is 41.7. The van der Waals surface area contributed by atoms with Gasteiger partial charge in [-0.25, -0.2) is 0 Å². The third kappa shape index (κ3) is 2.43. The number of rotatable bonds is 2. The summed E-state index contributed by atoms with van der Waals surface area (Å²) < 4.78 is 0. The first kappa shape index (κ1) is 21.5. The van der Waals surface area contributed by atoms with Crippen molar-refractivity contribution < 1.29 is 19.5 Å². The van der Waals surface area contributed by atoms with Gasteiger partial charge >= 0.3 is 0 Å². The number of nitrogens with zero attached hydrogens (tertiary/aromatic N) is 1. The number of nitrogens with one attached hydrogen (secondary N) is 1. The molecule has 0 aromatic heterocycles. The summed E-state index contributed by atoms with van der Waals surface area (Å²) in [6.45, 7) is 0. The first-order valence-electron chi connectivity index (χ1n) is 12.8. The second kappa shape index (κ2) is 7.27. The average molecular weight is 499 g/mol. The molecule has 1 aliphatic heterocycles. The minimum absolute atomic E-state index is 0.272. The van der Waals surface area contributed by atoms with Crippen LogP contribution in [0.5, 0.6) is 0 Å². The topological polar surface area (TPSA) is 86.7 Å². The smallest absolute Gasteiger partial charge is 0.280 e. The maximum absolute atomic E-state index is 13.9. The lowest BCUT2D eigenvalue weighted by molar-refractivity contribution is -0.154. The number of carbonyl (C=O) groups is 3. The third-order valence-electron chi connectivity index (χ3n) is 8.91. The van der Waals surface area contributed by atoms with Gasteiger partial charge < -0.3 is 5.11 Å². The van der Waals surface area contributed by atoms with Crippen molar-refractivity contribution in [2.45, 2.75) is 17.4 Å². The minimum atomic E-state index is -2.04. The molecule has 0 spiro atoms. The van der Waals surface area contributed by atoms with Crippen LogP contribution in [0.2, 0.25) is 0 Å². The molecular weight excluding hydrogens is 476 g/mol. The van der Waals surface area contributed by atoms with Crippen molar-refractivity contribution in [3.05, 3.63) is 130 Å². The van der Waals surface area contributed by atoms with Crippen molar-refractivity contribution >= 4 is 17.7 Å². The summed E-state index contributed by atoms with van der Waals surface area (Å²) in [6.07, 6.45) is 0. The molecular formula is C32H22N2O4. The highest BCUT2D eigenvalue weighted by atomic mass is 16.3. The summed E-state index contributed by atoms with van der Waals surface area (Å²) in [5.41, 5.74) is 7.12. The molecule has 2 atom stereocenters. The number of hydrazine groups is 1. The molecule has 0 radical (unpaired) electrons. The zero-order valence-corrected chi connectivity index (χ0v) is 20.2. The van der Waals surface area contributed by atoms with E-state index >= 15 is 0 Å². The molecule has 1 heterocycles. The highest BCUT2D eigenvalue weighted by Gasteiger charge is 2.62. The van der Waals surface area contributed by atoms with Gasteiger partial charge in [0.2, 0.25) is 0 Å². The van der Waals surface area contributed by atoms with E-state index in [9.17, 15) is 19.5 Å². The molecule has 6 heteroatoms. The fraction of sp³-hybridized carbons (Fsp3) is 0.156. The first-order valence-corrected chi connectivity index (χ1v) is 12.8. The Labute approximate surface area is 218 Å². The molecule has 9 rings (SSSR count). The van der Waals surface area contributed by atoms with Crippen molar-refractivity contribution in [3.63, 3.8) is 0 Å². The summed E-state index contributed by atoms with van der Waals surface area (Å²) in [6, 6.07) is 30.3. The number of fused-ring (bicyclic) bond motifs is 3. The highest BCUT2D eigenvalue weighted by Crippen LogP contribution is 2.60. The van der Waals surface area contributed by atoms with Crippen molar-refractivity contribution in [3.8, 4) is 11.1 Å². The van der Waals surface area contributed by atoms with E-state index in [0.717, 1.165) is 38.4 Å². The van der Waals surface area contributed by atoms with E-state index in [0.29, 0.717) is 11.1 Å². The summed E-state index contributed by atoms with van der Waals surface area (Å²) in [5.74, 6) is -3.46. The number of imide groups is 1. The Kier molecular flexibility index (Phi) is 4.12. The van der Waals surface area contributed by atoms with E-state index in [1.54, 1.807) is 24.3 Å². The van der Waals surface area contributed by atoms with Crippen LogP contribution in [0.15, 0.2) is 97.1 Å². The lowest BCUT2D eigenvalue weighted by atomic mass is 9.55. The molecule has 2 unspecified atom stereocenters. The lowest BCUT2D eigenvalue weighted by Crippen LogP contribution is -2.54. The van der Waals surface area contributed by atoms with Crippen LogP contribution in [0, 0.1) is 11.8 Å². The van der Waals surface area contributed by atoms with Crippen LogP contribution in [0.25, 0.3) is 11.1 Å². The monoisotopic (exact) mass is 498 g/mol. The summed E-state index contributed by atoms with van der Waals surface area (Å²) in [5, 5.41) is 12.8. The molecule has 3 amide bonds. The molecule has 1 saturated heterocycles. The molecule has 6 nitrogen and oxygen atoms in total. The SMILES string of the molecule is O=C1C2C3c4ccccc4C(c4ccccc43)C2C(=O)N1NC(=O)C1(O)c2ccccc2-c2ccccc21. The Morgan fingerprint density at radius 3 is 1.42 bits per heavy atom. The van der Waals surface area contributed by atoms with Crippen LogP contribution in [-0.2, 0) is 20.0 Å². The van der Waals surface area contributed by atoms with Gasteiger partial charge in [-0.2, -0.15) is 5.01 Å². The van der Waals surface area contributed by atoms with Gasteiger partial charge in [0.05, 0.1) is 11.8 Å². The van der Waals surface area contributed by atoms with Gasteiger partial charge in [-0.1, -0.05) is 97.1 Å². The molecule has 2 bridgehead atoms. The van der Waals surface area contributed by atoms with Crippen LogP contribution in [0.1, 0.15) is 45.2 Å². The first-order chi connectivity index (χ1) is 18.5. The van der Waals surface area contributed by atoms with Gasteiger partial charge in [-0.3, -0.25) is 19.8 Å². The quantitative estimate of drug-likeness (QED) is 0.412. The molecule has 4 aliphatic carbocycles. The largest absolute Gasteiger partial charge is 0.372 e. The Bertz CT molecular complexity index is 1570. The predicted molar refractivity (Wildman–Crippen MR) is 138 cm³/mol. The van der Waals surface area contributed by atoms with Crippen LogP contribution in [0.4, 0.5) is 0 Å². The molecule has 4 aromatic rings. The zero-order chi connectivity index (χ0) is 25.8. The number of benzene rings is 4. The van der Waals surface area contributed by atoms with E-state index in [2.05, 4.69) is 5.43 Å². The van der Waals surface area contributed by atoms with Crippen molar-refractivity contribution in [1.29, 1.82) is 0 Å². The van der Waals surface area contributed by atoms with E-state index in [-0.39, 0.29) is 11.8 Å². The Morgan fingerprint density at radius 2 is 1.00 bits per heavy atom. The molecule has 38 heavy (non-hydrogen) atoms. The predicted octanol–water partition coefficient (Wildman–Crippen LogP) is 3.83. The van der Waals surface area contributed by atoms with E-state index in [1.165, 1.54) is 0 Å². The van der Waals surface area contributed by atoms with Gasteiger partial charge in [-0.15, -0.1) is 0 Å². The Morgan fingerprint density at radius 1 is 0.632 bits per heavy atom. The van der Waals surface area contributed by atoms with Crippen LogP contribution < -0.4 is 5.43 Å². The standard InChI is InChI=1S/C32H22N2O4/c35-29-27-25-19-11-1-2-12-20(19)26(22-14-4-3-13-21(22)25)28(27)30(36)34(29)33-31(37)32(38)23-15-7-5-9-17(23)18-10-6-8-16-24(18)32/h1-16,25-28,38H,(H,33,37). The zero-order valence-electron chi connectivity index (χ0n) is 20.2. The van der Waals surface area contributed by atoms with Gasteiger partial charge in [-0.05, 0) is 33.4 Å². The van der Waals surface area contributed by atoms with Gasteiger partial charge in [0, 0.05) is 23.0 Å². The van der Waals surface area contributed by atoms with Crippen LogP contribution in [-0.4, -0.2) is 27.8 Å². The lowest BCUT2D eigenvalue weighted by Gasteiger charge is -2.45. The van der Waals surface area contributed by atoms with E-state index in [4.69, 9.17) is 0 Å². The van der Waals surface area contributed by atoms with E-state index < -0.39 is 35.2 Å². The normalized spacial score (nSPS) is 24.8. The maximum atomic E-state index is 13.9. The molecule has 1 fully saturated rings. The van der Waals surface area contributed by atoms with Crippen molar-refractivity contribution in [2.75, 3.05) is 0 Å². The third-order valence-corrected chi connectivity index (χ3v) is 8.91. The molecule has 4 aromatic carbocycles. The van der Waals surface area contributed by atoms with Gasteiger partial charge in [0.15, 0.2) is 5.60 Å². The van der Waals surface area contributed by atoms with Crippen LogP contribution in [0.3, 0.4) is 0 Å². The van der Waals surface area contributed by atoms with Crippen LogP contribution >= 0.6 is 0 Å². The Balaban J connectivity index is 1.21. The number of aliphatic hydroxyl groups is 1. The Hall–Kier alpha value is -4.55. The molecule has 2 N–H and O–H groups in total. The molecule has 5 aliphatic rings. The number of hydrogen-bond acceptors (Lipinski definition) is 4. The second-order valence-electron chi connectivity index (χ2n) is 10.5. The van der Waals surface area contributed by atoms with Gasteiger partial charge in [0.25, 0.3) is 17.7 Å². The fourth-order valence-electron chi connectivity index (χ4n) is 7.43.